The topological polar surface area (TPSA) is 52.9 Å². The molecule has 0 spiro atoms. The molecule has 78 valence electrons. The van der Waals surface area contributed by atoms with Crippen LogP contribution in [-0.2, 0) is 0 Å². The molecule has 1 aromatic heterocycles. The average Bonchev–Trinajstić information content (AvgIpc) is 2.88. The monoisotopic (exact) mass is 220 g/mol. The lowest BCUT2D eigenvalue weighted by atomic mass is 10.00. The van der Waals surface area contributed by atoms with E-state index < -0.39 is 5.54 Å². The van der Waals surface area contributed by atoms with Gasteiger partial charge in [0.25, 0.3) is 5.91 Å². The minimum Gasteiger partial charge on any atom is -0.333 e. The molecule has 1 aliphatic rings. The number of rotatable bonds is 2. The van der Waals surface area contributed by atoms with Gasteiger partial charge >= 0.3 is 0 Å². The van der Waals surface area contributed by atoms with Gasteiger partial charge in [-0.1, -0.05) is 6.07 Å². The summed E-state index contributed by atoms with van der Waals surface area (Å²) in [6.07, 6.45) is 3.61. The van der Waals surface area contributed by atoms with Gasteiger partial charge in [0.2, 0.25) is 0 Å². The summed E-state index contributed by atoms with van der Waals surface area (Å²) in [7, 11) is 0. The maximum Gasteiger partial charge on any atom is 0.262 e. The fraction of sp³-hybridized carbons (Fsp3) is 0.455. The third-order valence-electron chi connectivity index (χ3n) is 2.77. The zero-order chi connectivity index (χ0) is 10.7. The lowest BCUT2D eigenvalue weighted by Gasteiger charge is -2.21. The smallest absolute Gasteiger partial charge is 0.262 e. The summed E-state index contributed by atoms with van der Waals surface area (Å²) in [5, 5.41) is 13.8. The Hall–Kier alpha value is -1.34. The normalized spacial score (nSPS) is 18.3. The highest BCUT2D eigenvalue weighted by Crippen LogP contribution is 2.29. The minimum absolute atomic E-state index is 0.117. The molecule has 0 unspecified atom stereocenters. The average molecular weight is 220 g/mol. The molecule has 0 aromatic carbocycles. The van der Waals surface area contributed by atoms with Crippen molar-refractivity contribution in [1.29, 1.82) is 5.26 Å². The first-order valence-corrected chi connectivity index (χ1v) is 5.91. The van der Waals surface area contributed by atoms with Crippen LogP contribution in [0.1, 0.15) is 35.4 Å². The highest BCUT2D eigenvalue weighted by molar-refractivity contribution is 7.12. The van der Waals surface area contributed by atoms with E-state index in [-0.39, 0.29) is 5.91 Å². The van der Waals surface area contributed by atoms with Crippen molar-refractivity contribution in [2.24, 2.45) is 0 Å². The van der Waals surface area contributed by atoms with Crippen molar-refractivity contribution in [3.63, 3.8) is 0 Å². The van der Waals surface area contributed by atoms with E-state index in [4.69, 9.17) is 5.26 Å². The maximum absolute atomic E-state index is 11.8. The molecule has 0 atom stereocenters. The van der Waals surface area contributed by atoms with E-state index in [1.807, 2.05) is 11.4 Å². The van der Waals surface area contributed by atoms with E-state index in [2.05, 4.69) is 11.4 Å². The van der Waals surface area contributed by atoms with Gasteiger partial charge in [0.1, 0.15) is 5.54 Å². The van der Waals surface area contributed by atoms with E-state index in [9.17, 15) is 4.79 Å². The lowest BCUT2D eigenvalue weighted by molar-refractivity contribution is 0.0925. The highest BCUT2D eigenvalue weighted by Gasteiger charge is 2.35. The predicted molar refractivity (Wildman–Crippen MR) is 58.6 cm³/mol. The summed E-state index contributed by atoms with van der Waals surface area (Å²) in [5.74, 6) is -0.117. The number of hydrogen-bond donors (Lipinski definition) is 1. The van der Waals surface area contributed by atoms with Crippen LogP contribution in [0.5, 0.6) is 0 Å². The van der Waals surface area contributed by atoms with Gasteiger partial charge < -0.3 is 5.32 Å². The van der Waals surface area contributed by atoms with Crippen molar-refractivity contribution in [3.05, 3.63) is 22.4 Å². The molecule has 1 fully saturated rings. The van der Waals surface area contributed by atoms with E-state index in [0.717, 1.165) is 25.7 Å². The zero-order valence-corrected chi connectivity index (χ0v) is 9.14. The first-order chi connectivity index (χ1) is 7.26. The molecule has 0 aliphatic heterocycles. The Morgan fingerprint density at radius 2 is 2.27 bits per heavy atom. The van der Waals surface area contributed by atoms with Crippen LogP contribution in [-0.4, -0.2) is 11.4 Å². The molecular weight excluding hydrogens is 208 g/mol. The molecular formula is C11H12N2OS. The third kappa shape index (κ3) is 2.02. The van der Waals surface area contributed by atoms with E-state index in [1.54, 1.807) is 6.07 Å². The maximum atomic E-state index is 11.8. The molecule has 4 heteroatoms. The van der Waals surface area contributed by atoms with Gasteiger partial charge in [-0.3, -0.25) is 4.79 Å². The van der Waals surface area contributed by atoms with Gasteiger partial charge in [-0.05, 0) is 37.1 Å². The molecule has 0 radical (unpaired) electrons. The van der Waals surface area contributed by atoms with Crippen LogP contribution >= 0.6 is 11.3 Å². The van der Waals surface area contributed by atoms with Crippen LogP contribution in [0.15, 0.2) is 17.5 Å². The van der Waals surface area contributed by atoms with E-state index in [1.165, 1.54) is 11.3 Å². The predicted octanol–water partition coefficient (Wildman–Crippen LogP) is 2.31. The molecule has 1 saturated carbocycles. The minimum atomic E-state index is -0.610. The van der Waals surface area contributed by atoms with Crippen molar-refractivity contribution in [2.75, 3.05) is 0 Å². The van der Waals surface area contributed by atoms with Crippen molar-refractivity contribution in [1.82, 2.24) is 5.32 Å². The lowest BCUT2D eigenvalue weighted by Crippen LogP contribution is -2.44. The fourth-order valence-corrected chi connectivity index (χ4v) is 2.55. The van der Waals surface area contributed by atoms with Crippen LogP contribution in [0.2, 0.25) is 0 Å². The quantitative estimate of drug-likeness (QED) is 0.831. The Bertz CT molecular complexity index is 385. The number of nitrogens with zero attached hydrogens (tertiary/aromatic N) is 1. The number of carbonyl (C=O) groups excluding carboxylic acids is 1. The number of nitrogens with one attached hydrogen (secondary N) is 1. The molecule has 1 amide bonds. The highest BCUT2D eigenvalue weighted by atomic mass is 32.1. The largest absolute Gasteiger partial charge is 0.333 e. The van der Waals surface area contributed by atoms with E-state index in [0.29, 0.717) is 4.88 Å². The second-order valence-electron chi connectivity index (χ2n) is 3.83. The van der Waals surface area contributed by atoms with Gasteiger partial charge in [0.15, 0.2) is 0 Å². The number of hydrogen-bond acceptors (Lipinski definition) is 3. The van der Waals surface area contributed by atoms with E-state index >= 15 is 0 Å². The molecule has 1 heterocycles. The first-order valence-electron chi connectivity index (χ1n) is 5.03. The van der Waals surface area contributed by atoms with Crippen LogP contribution in [0.25, 0.3) is 0 Å². The molecule has 15 heavy (non-hydrogen) atoms. The fourth-order valence-electron chi connectivity index (χ4n) is 1.93. The number of carbonyl (C=O) groups is 1. The number of thiophene rings is 1. The molecule has 3 nitrogen and oxygen atoms in total. The molecule has 2 rings (SSSR count). The Labute approximate surface area is 92.7 Å². The molecule has 0 bridgehead atoms. The van der Waals surface area contributed by atoms with Gasteiger partial charge in [-0.2, -0.15) is 5.26 Å². The Kier molecular flexibility index (Phi) is 2.74. The summed E-state index contributed by atoms with van der Waals surface area (Å²) >= 11 is 1.40. The van der Waals surface area contributed by atoms with Crippen molar-refractivity contribution in [2.45, 2.75) is 31.2 Å². The molecule has 1 N–H and O–H groups in total. The Morgan fingerprint density at radius 1 is 1.53 bits per heavy atom. The summed E-state index contributed by atoms with van der Waals surface area (Å²) in [6, 6.07) is 5.86. The molecule has 1 aromatic rings. The summed E-state index contributed by atoms with van der Waals surface area (Å²) in [4.78, 5) is 12.5. The van der Waals surface area contributed by atoms with Crippen LogP contribution in [0.3, 0.4) is 0 Å². The van der Waals surface area contributed by atoms with Crippen molar-refractivity contribution in [3.8, 4) is 6.07 Å². The molecule has 0 saturated heterocycles. The third-order valence-corrected chi connectivity index (χ3v) is 3.64. The van der Waals surface area contributed by atoms with Crippen molar-refractivity contribution < 1.29 is 4.79 Å². The zero-order valence-electron chi connectivity index (χ0n) is 8.32. The van der Waals surface area contributed by atoms with Gasteiger partial charge in [-0.25, -0.2) is 0 Å². The first kappa shape index (κ1) is 10.2. The number of amides is 1. The van der Waals surface area contributed by atoms with Crippen LogP contribution < -0.4 is 5.32 Å². The summed E-state index contributed by atoms with van der Waals surface area (Å²) in [5.41, 5.74) is -0.610. The van der Waals surface area contributed by atoms with Gasteiger partial charge in [-0.15, -0.1) is 11.3 Å². The van der Waals surface area contributed by atoms with Gasteiger partial charge in [0.05, 0.1) is 10.9 Å². The van der Waals surface area contributed by atoms with Crippen LogP contribution in [0.4, 0.5) is 0 Å². The molecule has 1 aliphatic carbocycles. The second-order valence-corrected chi connectivity index (χ2v) is 4.78. The Morgan fingerprint density at radius 3 is 2.80 bits per heavy atom. The van der Waals surface area contributed by atoms with Gasteiger partial charge in [0, 0.05) is 0 Å². The van der Waals surface area contributed by atoms with Crippen molar-refractivity contribution >= 4 is 17.2 Å². The summed E-state index contributed by atoms with van der Waals surface area (Å²) in [6.45, 7) is 0. The standard InChI is InChI=1S/C11H12N2OS/c12-8-11(5-1-2-6-11)13-10(14)9-4-3-7-15-9/h3-4,7H,1-2,5-6H2,(H,13,14). The SMILES string of the molecule is N#CC1(NC(=O)c2cccs2)CCCC1. The Balaban J connectivity index is 2.08. The number of nitriles is 1. The second kappa shape index (κ2) is 4.03. The summed E-state index contributed by atoms with van der Waals surface area (Å²) < 4.78 is 0. The van der Waals surface area contributed by atoms with Crippen LogP contribution in [0, 0.1) is 11.3 Å².